The molecule has 1 atom stereocenters. The lowest BCUT2D eigenvalue weighted by atomic mass is 9.93. The molecule has 1 amide bonds. The van der Waals surface area contributed by atoms with E-state index < -0.39 is 22.7 Å². The second-order valence-corrected chi connectivity index (χ2v) is 10.6. The minimum Gasteiger partial charge on any atom is -0.331 e. The van der Waals surface area contributed by atoms with Crippen LogP contribution in [0.1, 0.15) is 40.5 Å². The van der Waals surface area contributed by atoms with Crippen LogP contribution in [0.25, 0.3) is 27.4 Å². The number of para-hydroxylation sites is 1. The van der Waals surface area contributed by atoms with E-state index in [-0.39, 0.29) is 30.2 Å². The van der Waals surface area contributed by atoms with Gasteiger partial charge in [0, 0.05) is 45.8 Å². The lowest BCUT2D eigenvalue weighted by Gasteiger charge is -2.15. The predicted molar refractivity (Wildman–Crippen MR) is 145 cm³/mol. The molecule has 4 aromatic rings. The van der Waals surface area contributed by atoms with Crippen LogP contribution in [-0.4, -0.2) is 31.2 Å². The summed E-state index contributed by atoms with van der Waals surface area (Å²) in [5, 5.41) is 1.75. The molecule has 6 nitrogen and oxygen atoms in total. The molecule has 188 valence electrons. The number of nitrogens with zero attached hydrogens (tertiary/aromatic N) is 2. The Morgan fingerprint density at radius 1 is 1.24 bits per heavy atom. The molecule has 9 heteroatoms. The average molecular weight is 536 g/mol. The van der Waals surface area contributed by atoms with Crippen molar-refractivity contribution in [1.29, 1.82) is 0 Å². The molecular formula is C28H23ClFN3O3S. The number of aryl methyl sites for hydroxylation is 1. The molecule has 1 aliphatic rings. The summed E-state index contributed by atoms with van der Waals surface area (Å²) in [7, 11) is -1.63. The number of fused-ring (bicyclic) bond motifs is 2. The molecule has 0 saturated heterocycles. The predicted octanol–water partition coefficient (Wildman–Crippen LogP) is 5.66. The summed E-state index contributed by atoms with van der Waals surface area (Å²) >= 11 is 6.77. The largest absolute Gasteiger partial charge is 0.331 e. The Labute approximate surface area is 220 Å². The van der Waals surface area contributed by atoms with Crippen LogP contribution in [0.15, 0.2) is 60.8 Å². The van der Waals surface area contributed by atoms with E-state index >= 15 is 0 Å². The van der Waals surface area contributed by atoms with Gasteiger partial charge in [0.2, 0.25) is 0 Å². The van der Waals surface area contributed by atoms with Gasteiger partial charge in [0.05, 0.1) is 22.6 Å². The van der Waals surface area contributed by atoms with Crippen molar-refractivity contribution in [2.45, 2.75) is 26.8 Å². The summed E-state index contributed by atoms with van der Waals surface area (Å²) in [6.07, 6.45) is 6.96. The Kier molecular flexibility index (Phi) is 6.79. The van der Waals surface area contributed by atoms with Crippen molar-refractivity contribution < 1.29 is 18.2 Å². The molecule has 0 bridgehead atoms. The Hall–Kier alpha value is -3.62. The third-order valence-corrected chi connectivity index (χ3v) is 7.79. The SMILES string of the molecule is CCS(=O)NC(=O)c1c(C2=CC=CCC2=O)c2cc(C)c(F)cc2n1Cc1cnc2ccccc2c1Cl. The molecular weight excluding hydrogens is 513 g/mol. The first kappa shape index (κ1) is 25.0. The lowest BCUT2D eigenvalue weighted by Crippen LogP contribution is -2.30. The topological polar surface area (TPSA) is 81.1 Å². The Balaban J connectivity index is 1.82. The molecule has 0 radical (unpaired) electrons. The number of carbonyl (C=O) groups is 2. The van der Waals surface area contributed by atoms with Crippen LogP contribution >= 0.6 is 11.6 Å². The van der Waals surface area contributed by atoms with Gasteiger partial charge in [0.15, 0.2) is 5.78 Å². The molecule has 5 rings (SSSR count). The first-order chi connectivity index (χ1) is 17.8. The molecule has 0 aliphatic heterocycles. The maximum Gasteiger partial charge on any atom is 0.280 e. The molecule has 2 aromatic heterocycles. The number of aromatic nitrogens is 2. The van der Waals surface area contributed by atoms with Gasteiger partial charge in [0.25, 0.3) is 5.91 Å². The number of amides is 1. The minimum absolute atomic E-state index is 0.0779. The zero-order valence-corrected chi connectivity index (χ0v) is 21.8. The monoisotopic (exact) mass is 535 g/mol. The second-order valence-electron chi connectivity index (χ2n) is 8.74. The van der Waals surface area contributed by atoms with Gasteiger partial charge >= 0.3 is 0 Å². The summed E-state index contributed by atoms with van der Waals surface area (Å²) in [6.45, 7) is 3.39. The molecule has 1 N–H and O–H groups in total. The van der Waals surface area contributed by atoms with E-state index in [9.17, 15) is 18.2 Å². The summed E-state index contributed by atoms with van der Waals surface area (Å²) in [6, 6.07) is 10.4. The maximum absolute atomic E-state index is 14.9. The number of hydrogen-bond donors (Lipinski definition) is 1. The van der Waals surface area contributed by atoms with Gasteiger partial charge in [-0.25, -0.2) is 8.60 Å². The number of ketones is 1. The quantitative estimate of drug-likeness (QED) is 0.345. The van der Waals surface area contributed by atoms with E-state index in [0.29, 0.717) is 38.2 Å². The first-order valence-corrected chi connectivity index (χ1v) is 13.4. The number of allylic oxidation sites excluding steroid dienone is 4. The van der Waals surface area contributed by atoms with Crippen molar-refractivity contribution in [3.63, 3.8) is 0 Å². The standard InChI is InChI=1S/C28H23ClFN3O3S/c1-3-37(36)32-28(35)27-25(19-9-5-7-11-24(19)34)20-12-16(2)21(30)13-23(20)33(27)15-17-14-31-22-10-6-4-8-18(22)26(17)29/h4-10,12-14H,3,11,15H2,1-2H3,(H,32,35). The van der Waals surface area contributed by atoms with Crippen LogP contribution in [0.5, 0.6) is 0 Å². The molecule has 0 fully saturated rings. The van der Waals surface area contributed by atoms with E-state index in [1.807, 2.05) is 24.3 Å². The van der Waals surface area contributed by atoms with Crippen molar-refractivity contribution >= 4 is 61.7 Å². The normalized spacial score (nSPS) is 14.3. The van der Waals surface area contributed by atoms with Gasteiger partial charge < -0.3 is 4.57 Å². The van der Waals surface area contributed by atoms with Crippen LogP contribution in [-0.2, 0) is 22.3 Å². The highest BCUT2D eigenvalue weighted by Crippen LogP contribution is 2.37. The maximum atomic E-state index is 14.9. The molecule has 0 saturated carbocycles. The van der Waals surface area contributed by atoms with Gasteiger partial charge in [-0.15, -0.1) is 0 Å². The summed E-state index contributed by atoms with van der Waals surface area (Å²) < 4.78 is 31.4. The fourth-order valence-corrected chi connectivity index (χ4v) is 5.29. The van der Waals surface area contributed by atoms with Crippen molar-refractivity contribution in [3.8, 4) is 0 Å². The summed E-state index contributed by atoms with van der Waals surface area (Å²) in [5.41, 5.74) is 2.95. The third kappa shape index (κ3) is 4.51. The summed E-state index contributed by atoms with van der Waals surface area (Å²) in [5.74, 6) is -1.04. The molecule has 0 spiro atoms. The van der Waals surface area contributed by atoms with Crippen molar-refractivity contribution in [1.82, 2.24) is 14.3 Å². The highest BCUT2D eigenvalue weighted by molar-refractivity contribution is 7.83. The number of Topliss-reactive ketones (excluding diaryl/α,β-unsaturated/α-hetero) is 1. The average Bonchev–Trinajstić information content (AvgIpc) is 3.18. The highest BCUT2D eigenvalue weighted by atomic mass is 35.5. The van der Waals surface area contributed by atoms with Gasteiger partial charge in [-0.05, 0) is 30.7 Å². The number of rotatable bonds is 6. The van der Waals surface area contributed by atoms with Gasteiger partial charge in [-0.1, -0.05) is 55.0 Å². The minimum atomic E-state index is -1.63. The fraction of sp³-hybridized carbons (Fsp3) is 0.179. The first-order valence-electron chi connectivity index (χ1n) is 11.7. The fourth-order valence-electron chi connectivity index (χ4n) is 4.57. The van der Waals surface area contributed by atoms with Crippen LogP contribution in [0.3, 0.4) is 0 Å². The van der Waals surface area contributed by atoms with Crippen molar-refractivity contribution in [3.05, 3.63) is 94.0 Å². The Morgan fingerprint density at radius 3 is 2.78 bits per heavy atom. The molecule has 1 unspecified atom stereocenters. The summed E-state index contributed by atoms with van der Waals surface area (Å²) in [4.78, 5) is 31.1. The molecule has 37 heavy (non-hydrogen) atoms. The Bertz CT molecular complexity index is 1690. The smallest absolute Gasteiger partial charge is 0.280 e. The number of hydrogen-bond acceptors (Lipinski definition) is 4. The van der Waals surface area contributed by atoms with E-state index in [2.05, 4.69) is 9.71 Å². The third-order valence-electron chi connectivity index (χ3n) is 6.41. The molecule has 2 aromatic carbocycles. The number of benzene rings is 2. The molecule has 2 heterocycles. The van der Waals surface area contributed by atoms with Gasteiger partial charge in [-0.2, -0.15) is 0 Å². The molecule has 1 aliphatic carbocycles. The zero-order chi connectivity index (χ0) is 26.3. The second kappa shape index (κ2) is 10.0. The van der Waals surface area contributed by atoms with Gasteiger partial charge in [0.1, 0.15) is 22.5 Å². The van der Waals surface area contributed by atoms with Crippen molar-refractivity contribution in [2.75, 3.05) is 5.75 Å². The van der Waals surface area contributed by atoms with Crippen molar-refractivity contribution in [2.24, 2.45) is 0 Å². The van der Waals surface area contributed by atoms with E-state index in [1.165, 1.54) is 6.07 Å². The van der Waals surface area contributed by atoms with E-state index in [0.717, 1.165) is 10.9 Å². The van der Waals surface area contributed by atoms with E-state index in [4.69, 9.17) is 11.6 Å². The zero-order valence-electron chi connectivity index (χ0n) is 20.2. The van der Waals surface area contributed by atoms with Gasteiger partial charge in [-0.3, -0.25) is 19.3 Å². The number of carbonyl (C=O) groups excluding carboxylic acids is 2. The van der Waals surface area contributed by atoms with Crippen LogP contribution in [0, 0.1) is 12.7 Å². The van der Waals surface area contributed by atoms with Crippen LogP contribution in [0.2, 0.25) is 5.02 Å². The highest BCUT2D eigenvalue weighted by Gasteiger charge is 2.30. The Morgan fingerprint density at radius 2 is 2.03 bits per heavy atom. The van der Waals surface area contributed by atoms with Crippen LogP contribution in [0.4, 0.5) is 4.39 Å². The lowest BCUT2D eigenvalue weighted by molar-refractivity contribution is -0.113. The number of nitrogens with one attached hydrogen (secondary N) is 1. The van der Waals surface area contributed by atoms with Crippen LogP contribution < -0.4 is 4.72 Å². The number of halogens is 2. The van der Waals surface area contributed by atoms with E-state index in [1.54, 1.807) is 48.9 Å². The number of pyridine rings is 1.